The lowest BCUT2D eigenvalue weighted by atomic mass is 10.1. The number of hydrogen-bond donors (Lipinski definition) is 0. The minimum atomic E-state index is -3.01. The molecule has 0 saturated heterocycles. The summed E-state index contributed by atoms with van der Waals surface area (Å²) in [6, 6.07) is 2.12. The summed E-state index contributed by atoms with van der Waals surface area (Å²) in [4.78, 5) is 11.0. The molecule has 3 nitrogen and oxygen atoms in total. The van der Waals surface area contributed by atoms with Crippen molar-refractivity contribution in [2.24, 2.45) is 0 Å². The van der Waals surface area contributed by atoms with Crippen molar-refractivity contribution in [3.8, 4) is 5.75 Å². The van der Waals surface area contributed by atoms with Gasteiger partial charge in [0.05, 0.1) is 13.5 Å². The SMILES string of the molecule is COC(=O)Cc1cc(OC(F)F)c(CBr)cc1F. The largest absolute Gasteiger partial charge is 0.469 e. The number of rotatable bonds is 5. The first-order valence-corrected chi connectivity index (χ1v) is 5.99. The predicted octanol–water partition coefficient (Wildman–Crippen LogP) is 3.04. The molecule has 0 heterocycles. The van der Waals surface area contributed by atoms with Gasteiger partial charge in [-0.25, -0.2) is 4.39 Å². The molecule has 0 N–H and O–H groups in total. The van der Waals surface area contributed by atoms with Crippen molar-refractivity contribution in [3.05, 3.63) is 29.1 Å². The molecule has 0 fully saturated rings. The Kier molecular flexibility index (Phi) is 5.46. The van der Waals surface area contributed by atoms with Crippen LogP contribution in [0.25, 0.3) is 0 Å². The lowest BCUT2D eigenvalue weighted by Gasteiger charge is -2.11. The third-order valence-electron chi connectivity index (χ3n) is 2.15. The third-order valence-corrected chi connectivity index (χ3v) is 2.76. The smallest absolute Gasteiger partial charge is 0.387 e. The van der Waals surface area contributed by atoms with Gasteiger partial charge in [0, 0.05) is 16.5 Å². The Morgan fingerprint density at radius 1 is 1.39 bits per heavy atom. The second kappa shape index (κ2) is 6.63. The lowest BCUT2D eigenvalue weighted by molar-refractivity contribution is -0.139. The minimum absolute atomic E-state index is 0.0535. The summed E-state index contributed by atoms with van der Waals surface area (Å²) in [5.41, 5.74) is 0.184. The highest BCUT2D eigenvalue weighted by Gasteiger charge is 2.16. The Morgan fingerprint density at radius 2 is 2.06 bits per heavy atom. The van der Waals surface area contributed by atoms with Crippen LogP contribution in [0.15, 0.2) is 12.1 Å². The maximum Gasteiger partial charge on any atom is 0.387 e. The monoisotopic (exact) mass is 326 g/mol. The molecule has 0 spiro atoms. The van der Waals surface area contributed by atoms with Crippen molar-refractivity contribution in [2.45, 2.75) is 18.4 Å². The number of halogens is 4. The number of ether oxygens (including phenoxy) is 2. The van der Waals surface area contributed by atoms with Gasteiger partial charge in [-0.1, -0.05) is 15.9 Å². The van der Waals surface area contributed by atoms with Gasteiger partial charge in [0.1, 0.15) is 11.6 Å². The van der Waals surface area contributed by atoms with E-state index < -0.39 is 18.4 Å². The predicted molar refractivity (Wildman–Crippen MR) is 61.4 cm³/mol. The summed E-state index contributed by atoms with van der Waals surface area (Å²) in [6.45, 7) is -3.01. The number of benzene rings is 1. The normalized spacial score (nSPS) is 10.6. The van der Waals surface area contributed by atoms with Gasteiger partial charge in [-0.05, 0) is 12.1 Å². The fourth-order valence-corrected chi connectivity index (χ4v) is 1.75. The van der Waals surface area contributed by atoms with Crippen molar-refractivity contribution in [1.29, 1.82) is 0 Å². The molecule has 0 radical (unpaired) electrons. The first-order valence-electron chi connectivity index (χ1n) is 4.86. The molecular formula is C11H10BrF3O3. The highest BCUT2D eigenvalue weighted by molar-refractivity contribution is 9.08. The summed E-state index contributed by atoms with van der Waals surface area (Å²) in [5, 5.41) is 0.157. The van der Waals surface area contributed by atoms with E-state index in [9.17, 15) is 18.0 Å². The molecule has 0 bridgehead atoms. The molecule has 18 heavy (non-hydrogen) atoms. The van der Waals surface area contributed by atoms with Crippen molar-refractivity contribution in [3.63, 3.8) is 0 Å². The molecule has 0 aromatic heterocycles. The summed E-state index contributed by atoms with van der Waals surface area (Å²) in [6.07, 6.45) is -0.343. The maximum atomic E-state index is 13.6. The van der Waals surface area contributed by atoms with E-state index in [0.717, 1.165) is 19.2 Å². The standard InChI is InChI=1S/C11H10BrF3O3/c1-17-10(16)4-6-3-9(18-11(14)15)7(5-12)2-8(6)13/h2-3,11H,4-5H2,1H3. The zero-order chi connectivity index (χ0) is 13.7. The van der Waals surface area contributed by atoms with Crippen molar-refractivity contribution >= 4 is 21.9 Å². The zero-order valence-electron chi connectivity index (χ0n) is 9.38. The molecule has 100 valence electrons. The van der Waals surface area contributed by atoms with Crippen molar-refractivity contribution < 1.29 is 27.4 Å². The first-order chi connectivity index (χ1) is 8.47. The summed E-state index contributed by atoms with van der Waals surface area (Å²) in [5.74, 6) is -1.50. The van der Waals surface area contributed by atoms with Crippen LogP contribution in [-0.2, 0) is 21.3 Å². The zero-order valence-corrected chi connectivity index (χ0v) is 11.0. The Labute approximate surface area is 110 Å². The van der Waals surface area contributed by atoms with Crippen LogP contribution < -0.4 is 4.74 Å². The van der Waals surface area contributed by atoms with Gasteiger partial charge in [0.2, 0.25) is 0 Å². The van der Waals surface area contributed by atoms with Crippen molar-refractivity contribution in [2.75, 3.05) is 7.11 Å². The molecule has 1 aromatic carbocycles. The van der Waals surface area contributed by atoms with Crippen LogP contribution in [0.1, 0.15) is 11.1 Å². The molecule has 0 aliphatic carbocycles. The number of methoxy groups -OCH3 is 1. The van der Waals surface area contributed by atoms with Gasteiger partial charge in [0.15, 0.2) is 0 Å². The molecule has 0 aliphatic heterocycles. The van der Waals surface area contributed by atoms with Gasteiger partial charge < -0.3 is 9.47 Å². The van der Waals surface area contributed by atoms with Gasteiger partial charge in [-0.15, -0.1) is 0 Å². The quantitative estimate of drug-likeness (QED) is 0.616. The number of carbonyl (C=O) groups is 1. The molecule has 0 saturated carbocycles. The van der Waals surface area contributed by atoms with Crippen LogP contribution in [-0.4, -0.2) is 19.7 Å². The van der Waals surface area contributed by atoms with E-state index >= 15 is 0 Å². The van der Waals surface area contributed by atoms with Crippen LogP contribution in [0.2, 0.25) is 0 Å². The average molecular weight is 327 g/mol. The number of carbonyl (C=O) groups excluding carboxylic acids is 1. The highest BCUT2D eigenvalue weighted by atomic mass is 79.9. The van der Waals surface area contributed by atoms with E-state index in [0.29, 0.717) is 0 Å². The Morgan fingerprint density at radius 3 is 2.56 bits per heavy atom. The van der Waals surface area contributed by atoms with Crippen molar-refractivity contribution in [1.82, 2.24) is 0 Å². The van der Waals surface area contributed by atoms with Crippen LogP contribution in [0.4, 0.5) is 13.2 Å². The van der Waals surface area contributed by atoms with Gasteiger partial charge in [0.25, 0.3) is 0 Å². The first kappa shape index (κ1) is 14.8. The minimum Gasteiger partial charge on any atom is -0.469 e. The van der Waals surface area contributed by atoms with Gasteiger partial charge in [-0.3, -0.25) is 4.79 Å². The van der Waals surface area contributed by atoms with Crippen LogP contribution in [0.3, 0.4) is 0 Å². The topological polar surface area (TPSA) is 35.5 Å². The molecular weight excluding hydrogens is 317 g/mol. The molecule has 0 atom stereocenters. The van der Waals surface area contributed by atoms with Crippen LogP contribution in [0, 0.1) is 5.82 Å². The molecule has 0 amide bonds. The second-order valence-corrected chi connectivity index (χ2v) is 3.88. The fraction of sp³-hybridized carbons (Fsp3) is 0.364. The summed E-state index contributed by atoms with van der Waals surface area (Å²) >= 11 is 3.04. The molecule has 7 heteroatoms. The number of esters is 1. The second-order valence-electron chi connectivity index (χ2n) is 3.32. The van der Waals surface area contributed by atoms with E-state index in [1.54, 1.807) is 0 Å². The molecule has 0 aliphatic rings. The molecule has 1 rings (SSSR count). The lowest BCUT2D eigenvalue weighted by Crippen LogP contribution is -2.09. The maximum absolute atomic E-state index is 13.6. The Hall–Kier alpha value is -1.24. The summed E-state index contributed by atoms with van der Waals surface area (Å²) < 4.78 is 46.6. The van der Waals surface area contributed by atoms with E-state index in [2.05, 4.69) is 25.4 Å². The van der Waals surface area contributed by atoms with E-state index in [-0.39, 0.29) is 28.6 Å². The number of hydrogen-bond acceptors (Lipinski definition) is 3. The molecule has 1 aromatic rings. The van der Waals surface area contributed by atoms with E-state index in [4.69, 9.17) is 0 Å². The summed E-state index contributed by atoms with van der Waals surface area (Å²) in [7, 11) is 1.16. The highest BCUT2D eigenvalue weighted by Crippen LogP contribution is 2.27. The Bertz CT molecular complexity index is 438. The van der Waals surface area contributed by atoms with E-state index in [1.807, 2.05) is 0 Å². The van der Waals surface area contributed by atoms with Crippen LogP contribution >= 0.6 is 15.9 Å². The molecule has 0 unspecified atom stereocenters. The van der Waals surface area contributed by atoms with Gasteiger partial charge in [-0.2, -0.15) is 8.78 Å². The fourth-order valence-electron chi connectivity index (χ4n) is 1.31. The number of alkyl halides is 3. The third kappa shape index (κ3) is 3.90. The average Bonchev–Trinajstić information content (AvgIpc) is 2.32. The van der Waals surface area contributed by atoms with Gasteiger partial charge >= 0.3 is 12.6 Å². The van der Waals surface area contributed by atoms with Crippen LogP contribution in [0.5, 0.6) is 5.75 Å². The van der Waals surface area contributed by atoms with E-state index in [1.165, 1.54) is 0 Å². The Balaban J connectivity index is 3.08.